The molecule has 0 N–H and O–H groups in total. The topological polar surface area (TPSA) is 51.0 Å². The molecular formula is C14H18BrClN4O. The summed E-state index contributed by atoms with van der Waals surface area (Å²) in [5, 5.41) is -0.289. The molecule has 1 amide bonds. The molecule has 114 valence electrons. The van der Waals surface area contributed by atoms with Crippen LogP contribution >= 0.6 is 27.5 Å². The van der Waals surface area contributed by atoms with E-state index in [2.05, 4.69) is 25.9 Å². The lowest BCUT2D eigenvalue weighted by Crippen LogP contribution is -2.33. The molecule has 2 aromatic rings. The molecule has 7 heteroatoms. The Labute approximate surface area is 137 Å². The Bertz CT molecular complexity index is 652. The molecule has 0 aliphatic rings. The summed E-state index contributed by atoms with van der Waals surface area (Å²) in [6, 6.07) is 1.88. The Balaban J connectivity index is 2.46. The molecule has 0 aromatic carbocycles. The highest BCUT2D eigenvalue weighted by Crippen LogP contribution is 2.25. The molecule has 2 heterocycles. The minimum absolute atomic E-state index is 0.0441. The van der Waals surface area contributed by atoms with Crippen molar-refractivity contribution in [2.75, 3.05) is 13.1 Å². The minimum Gasteiger partial charge on any atom is -0.342 e. The number of amides is 1. The first-order valence-corrected chi connectivity index (χ1v) is 8.14. The summed E-state index contributed by atoms with van der Waals surface area (Å²) in [7, 11) is 0. The second-order valence-corrected chi connectivity index (χ2v) is 6.30. The first kappa shape index (κ1) is 16.2. The normalized spacial score (nSPS) is 12.6. The van der Waals surface area contributed by atoms with Crippen LogP contribution in [0, 0.1) is 0 Å². The van der Waals surface area contributed by atoms with E-state index in [4.69, 9.17) is 11.6 Å². The molecule has 2 rings (SSSR count). The van der Waals surface area contributed by atoms with Gasteiger partial charge in [0.25, 0.3) is 0 Å². The van der Waals surface area contributed by atoms with Gasteiger partial charge in [0.05, 0.1) is 5.38 Å². The molecule has 5 nitrogen and oxygen atoms in total. The first-order valence-electron chi connectivity index (χ1n) is 6.91. The summed E-state index contributed by atoms with van der Waals surface area (Å²) >= 11 is 9.58. The second kappa shape index (κ2) is 6.75. The van der Waals surface area contributed by atoms with Crippen LogP contribution in [0.4, 0.5) is 0 Å². The average Bonchev–Trinajstić information content (AvgIpc) is 2.78. The number of hydrogen-bond acceptors (Lipinski definition) is 3. The minimum atomic E-state index is -0.289. The summed E-state index contributed by atoms with van der Waals surface area (Å²) in [5.74, 6) is 0.709. The molecule has 0 fully saturated rings. The van der Waals surface area contributed by atoms with Gasteiger partial charge in [0, 0.05) is 23.8 Å². The average molecular weight is 374 g/mol. The van der Waals surface area contributed by atoms with Gasteiger partial charge in [0.1, 0.15) is 17.9 Å². The van der Waals surface area contributed by atoms with Crippen molar-refractivity contribution in [3.8, 4) is 0 Å². The number of fused-ring (bicyclic) bond motifs is 1. The highest BCUT2D eigenvalue weighted by molar-refractivity contribution is 9.10. The summed E-state index contributed by atoms with van der Waals surface area (Å²) in [4.78, 5) is 23.0. The zero-order valence-corrected chi connectivity index (χ0v) is 14.6. The number of likely N-dealkylation sites (N-methyl/N-ethyl adjacent to an activating group) is 1. The predicted molar refractivity (Wildman–Crippen MR) is 87.4 cm³/mol. The van der Waals surface area contributed by atoms with E-state index in [9.17, 15) is 4.79 Å². The Kier molecular flexibility index (Phi) is 5.22. The largest absolute Gasteiger partial charge is 0.342 e. The number of carbonyl (C=O) groups excluding carboxylic acids is 1. The van der Waals surface area contributed by atoms with Crippen LogP contribution < -0.4 is 0 Å². The summed E-state index contributed by atoms with van der Waals surface area (Å²) in [6.07, 6.45) is 1.70. The van der Waals surface area contributed by atoms with E-state index in [0.29, 0.717) is 24.6 Å². The molecule has 0 saturated carbocycles. The maximum atomic E-state index is 12.4. The highest BCUT2D eigenvalue weighted by Gasteiger charge is 2.20. The third-order valence-corrected chi connectivity index (χ3v) is 3.98. The molecule has 1 unspecified atom stereocenters. The Morgan fingerprint density at radius 1 is 1.48 bits per heavy atom. The lowest BCUT2D eigenvalue weighted by Gasteiger charge is -2.20. The van der Waals surface area contributed by atoms with Crippen molar-refractivity contribution in [2.24, 2.45) is 0 Å². The molecule has 0 bridgehead atoms. The fraction of sp³-hybridized carbons (Fsp3) is 0.500. The molecule has 0 aliphatic carbocycles. The van der Waals surface area contributed by atoms with Crippen molar-refractivity contribution in [1.82, 2.24) is 19.4 Å². The van der Waals surface area contributed by atoms with E-state index < -0.39 is 0 Å². The number of imidazole rings is 1. The van der Waals surface area contributed by atoms with Gasteiger partial charge >= 0.3 is 0 Å². The highest BCUT2D eigenvalue weighted by atomic mass is 79.9. The van der Waals surface area contributed by atoms with Crippen molar-refractivity contribution >= 4 is 44.6 Å². The van der Waals surface area contributed by atoms with Crippen molar-refractivity contribution in [3.63, 3.8) is 0 Å². The first-order chi connectivity index (χ1) is 9.97. The number of hydrogen-bond donors (Lipinski definition) is 0. The van der Waals surface area contributed by atoms with Gasteiger partial charge in [-0.3, -0.25) is 4.79 Å². The van der Waals surface area contributed by atoms with Gasteiger partial charge in [-0.2, -0.15) is 0 Å². The monoisotopic (exact) mass is 372 g/mol. The smallest absolute Gasteiger partial charge is 0.242 e. The van der Waals surface area contributed by atoms with Gasteiger partial charge in [-0.25, -0.2) is 9.97 Å². The second-order valence-electron chi connectivity index (χ2n) is 4.73. The van der Waals surface area contributed by atoms with Crippen molar-refractivity contribution < 1.29 is 4.79 Å². The predicted octanol–water partition coefficient (Wildman–Crippen LogP) is 3.36. The third-order valence-electron chi connectivity index (χ3n) is 3.35. The number of halogens is 2. The van der Waals surface area contributed by atoms with Crippen LogP contribution in [-0.2, 0) is 11.3 Å². The maximum Gasteiger partial charge on any atom is 0.242 e. The van der Waals surface area contributed by atoms with E-state index in [1.807, 2.05) is 26.8 Å². The maximum absolute atomic E-state index is 12.4. The van der Waals surface area contributed by atoms with Gasteiger partial charge in [0.2, 0.25) is 5.91 Å². The molecule has 1 atom stereocenters. The number of carbonyl (C=O) groups is 1. The van der Waals surface area contributed by atoms with Crippen LogP contribution in [0.5, 0.6) is 0 Å². The lowest BCUT2D eigenvalue weighted by atomic mass is 10.4. The van der Waals surface area contributed by atoms with Gasteiger partial charge in [-0.05, 0) is 42.8 Å². The van der Waals surface area contributed by atoms with E-state index in [0.717, 1.165) is 9.99 Å². The number of alkyl halides is 1. The summed E-state index contributed by atoms with van der Waals surface area (Å²) in [6.45, 7) is 7.36. The van der Waals surface area contributed by atoms with Gasteiger partial charge in [-0.1, -0.05) is 0 Å². The van der Waals surface area contributed by atoms with E-state index in [1.165, 1.54) is 0 Å². The zero-order chi connectivity index (χ0) is 15.6. The number of rotatable bonds is 5. The van der Waals surface area contributed by atoms with E-state index in [-0.39, 0.29) is 17.8 Å². The summed E-state index contributed by atoms with van der Waals surface area (Å²) in [5.41, 5.74) is 1.42. The van der Waals surface area contributed by atoms with Crippen LogP contribution in [0.2, 0.25) is 0 Å². The van der Waals surface area contributed by atoms with E-state index >= 15 is 0 Å². The van der Waals surface area contributed by atoms with Crippen LogP contribution in [0.1, 0.15) is 32.0 Å². The Morgan fingerprint density at radius 2 is 2.14 bits per heavy atom. The Hall–Kier alpha value is -1.14. The molecule has 2 aromatic heterocycles. The zero-order valence-electron chi connectivity index (χ0n) is 12.3. The van der Waals surface area contributed by atoms with Crippen LogP contribution in [0.25, 0.3) is 11.2 Å². The standard InChI is InChI=1S/C14H18BrClN4O/c1-4-19(5-2)12(21)8-20-13(9(3)16)18-11-6-10(15)7-17-14(11)20/h6-7,9H,4-5,8H2,1-3H3. The Morgan fingerprint density at radius 3 is 2.71 bits per heavy atom. The van der Waals surface area contributed by atoms with Gasteiger partial charge < -0.3 is 9.47 Å². The molecule has 0 radical (unpaired) electrons. The van der Waals surface area contributed by atoms with E-state index in [1.54, 1.807) is 15.7 Å². The van der Waals surface area contributed by atoms with Crippen molar-refractivity contribution in [3.05, 3.63) is 22.6 Å². The third kappa shape index (κ3) is 3.37. The molecule has 0 saturated heterocycles. The molecule has 0 aliphatic heterocycles. The van der Waals surface area contributed by atoms with Crippen molar-refractivity contribution in [2.45, 2.75) is 32.7 Å². The van der Waals surface area contributed by atoms with Crippen LogP contribution in [-0.4, -0.2) is 38.4 Å². The summed E-state index contributed by atoms with van der Waals surface area (Å²) < 4.78 is 2.66. The fourth-order valence-electron chi connectivity index (χ4n) is 2.28. The van der Waals surface area contributed by atoms with Crippen LogP contribution in [0.15, 0.2) is 16.7 Å². The van der Waals surface area contributed by atoms with Crippen molar-refractivity contribution in [1.29, 1.82) is 0 Å². The molecular weight excluding hydrogens is 356 g/mol. The lowest BCUT2D eigenvalue weighted by molar-refractivity contribution is -0.131. The van der Waals surface area contributed by atoms with Gasteiger partial charge in [-0.15, -0.1) is 11.6 Å². The van der Waals surface area contributed by atoms with Crippen LogP contribution in [0.3, 0.4) is 0 Å². The molecule has 21 heavy (non-hydrogen) atoms. The van der Waals surface area contributed by atoms with Gasteiger partial charge in [0.15, 0.2) is 5.65 Å². The number of nitrogens with zero attached hydrogens (tertiary/aromatic N) is 4. The number of pyridine rings is 1. The fourth-order valence-corrected chi connectivity index (χ4v) is 2.76. The molecule has 0 spiro atoms. The SMILES string of the molecule is CCN(CC)C(=O)Cn1c(C(C)Cl)nc2cc(Br)cnc21. The number of aromatic nitrogens is 3. The quantitative estimate of drug-likeness (QED) is 0.755.